The van der Waals surface area contributed by atoms with Gasteiger partial charge in [-0.05, 0) is 29.8 Å². The minimum Gasteiger partial charge on any atom is -0.461 e. The van der Waals surface area contributed by atoms with Gasteiger partial charge in [0.1, 0.15) is 12.6 Å². The first kappa shape index (κ1) is 22.4. The van der Waals surface area contributed by atoms with Gasteiger partial charge in [-0.2, -0.15) is 0 Å². The smallest absolute Gasteiger partial charge is 0.308 e. The Labute approximate surface area is 186 Å². The fraction of sp³-hybridized carbons (Fsp3) is 0.304. The molecular weight excluding hydrogens is 414 g/mol. The second-order valence-electron chi connectivity index (χ2n) is 7.19. The number of benzene rings is 2. The summed E-state index contributed by atoms with van der Waals surface area (Å²) >= 11 is 5.37. The summed E-state index contributed by atoms with van der Waals surface area (Å²) in [7, 11) is 0. The summed E-state index contributed by atoms with van der Waals surface area (Å²) in [5, 5.41) is 5.57. The molecule has 1 fully saturated rings. The van der Waals surface area contributed by atoms with Gasteiger partial charge in [0.2, 0.25) is 11.8 Å². The van der Waals surface area contributed by atoms with Crippen LogP contribution in [0.3, 0.4) is 0 Å². The first-order valence-electron chi connectivity index (χ1n) is 10.1. The van der Waals surface area contributed by atoms with Crippen molar-refractivity contribution in [2.24, 2.45) is 0 Å². The van der Waals surface area contributed by atoms with E-state index in [1.54, 1.807) is 4.90 Å². The number of amides is 2. The third-order valence-corrected chi connectivity index (χ3v) is 5.26. The molecule has 8 heteroatoms. The van der Waals surface area contributed by atoms with Gasteiger partial charge in [0.05, 0.1) is 6.42 Å². The van der Waals surface area contributed by atoms with Crippen LogP contribution in [0.15, 0.2) is 60.7 Å². The van der Waals surface area contributed by atoms with Gasteiger partial charge >= 0.3 is 5.97 Å². The van der Waals surface area contributed by atoms with Crippen LogP contribution < -0.4 is 10.6 Å². The molecule has 0 aliphatic carbocycles. The van der Waals surface area contributed by atoms with Crippen molar-refractivity contribution in [1.82, 2.24) is 15.5 Å². The lowest BCUT2D eigenvalue weighted by Crippen LogP contribution is -2.60. The molecule has 1 atom stereocenters. The summed E-state index contributed by atoms with van der Waals surface area (Å²) in [4.78, 5) is 38.6. The van der Waals surface area contributed by atoms with Gasteiger partial charge in [0.15, 0.2) is 5.11 Å². The zero-order valence-corrected chi connectivity index (χ0v) is 17.9. The van der Waals surface area contributed by atoms with E-state index in [1.807, 2.05) is 60.7 Å². The van der Waals surface area contributed by atoms with Crippen molar-refractivity contribution in [2.45, 2.75) is 31.9 Å². The van der Waals surface area contributed by atoms with E-state index < -0.39 is 12.0 Å². The molecule has 0 aromatic heterocycles. The van der Waals surface area contributed by atoms with Gasteiger partial charge < -0.3 is 20.3 Å². The topological polar surface area (TPSA) is 87.7 Å². The van der Waals surface area contributed by atoms with Crippen molar-refractivity contribution >= 4 is 35.1 Å². The number of carbonyl (C=O) groups excluding carboxylic acids is 3. The number of ether oxygens (including phenoxy) is 1. The molecule has 0 radical (unpaired) electrons. The first-order valence-corrected chi connectivity index (χ1v) is 10.6. The lowest BCUT2D eigenvalue weighted by molar-refractivity contribution is -0.148. The van der Waals surface area contributed by atoms with Crippen molar-refractivity contribution in [3.63, 3.8) is 0 Å². The molecule has 2 aromatic carbocycles. The van der Waals surface area contributed by atoms with Crippen molar-refractivity contribution in [1.29, 1.82) is 0 Å². The SMILES string of the molecule is O=C(CCc1ccccc1)NC(=S)N1CCNC(=O)C1CC(=O)OCc1ccccc1. The average molecular weight is 440 g/mol. The van der Waals surface area contributed by atoms with Crippen LogP contribution in [-0.4, -0.2) is 46.9 Å². The Kier molecular flexibility index (Phi) is 8.12. The second kappa shape index (κ2) is 11.2. The number of esters is 1. The van der Waals surface area contributed by atoms with E-state index in [0.717, 1.165) is 11.1 Å². The van der Waals surface area contributed by atoms with Gasteiger partial charge in [-0.3, -0.25) is 14.4 Å². The van der Waals surface area contributed by atoms with Crippen LogP contribution in [0.25, 0.3) is 0 Å². The van der Waals surface area contributed by atoms with E-state index in [0.29, 0.717) is 19.5 Å². The predicted octanol–water partition coefficient (Wildman–Crippen LogP) is 1.95. The highest BCUT2D eigenvalue weighted by atomic mass is 32.1. The molecule has 1 unspecified atom stereocenters. The van der Waals surface area contributed by atoms with E-state index in [-0.39, 0.29) is 36.4 Å². The molecular formula is C23H25N3O4S. The lowest BCUT2D eigenvalue weighted by Gasteiger charge is -2.36. The van der Waals surface area contributed by atoms with E-state index in [2.05, 4.69) is 10.6 Å². The van der Waals surface area contributed by atoms with Crippen LogP contribution in [-0.2, 0) is 32.1 Å². The zero-order valence-electron chi connectivity index (χ0n) is 17.1. The van der Waals surface area contributed by atoms with Gasteiger partial charge in [-0.1, -0.05) is 60.7 Å². The Bertz CT molecular complexity index is 921. The maximum atomic E-state index is 12.4. The monoisotopic (exact) mass is 439 g/mol. The average Bonchev–Trinajstić information content (AvgIpc) is 2.79. The van der Waals surface area contributed by atoms with E-state index in [4.69, 9.17) is 17.0 Å². The number of hydrogen-bond acceptors (Lipinski definition) is 5. The van der Waals surface area contributed by atoms with Crippen LogP contribution in [0.5, 0.6) is 0 Å². The summed E-state index contributed by atoms with van der Waals surface area (Å²) in [5.74, 6) is -1.05. The molecule has 162 valence electrons. The third kappa shape index (κ3) is 6.89. The lowest BCUT2D eigenvalue weighted by atomic mass is 10.1. The van der Waals surface area contributed by atoms with Crippen molar-refractivity contribution in [3.8, 4) is 0 Å². The molecule has 0 saturated carbocycles. The Morgan fingerprint density at radius 1 is 1.06 bits per heavy atom. The number of nitrogens with one attached hydrogen (secondary N) is 2. The van der Waals surface area contributed by atoms with Crippen LogP contribution in [0, 0.1) is 0 Å². The Balaban J connectivity index is 1.52. The molecule has 2 aromatic rings. The number of aryl methyl sites for hydroxylation is 1. The van der Waals surface area contributed by atoms with Gasteiger partial charge in [0, 0.05) is 19.5 Å². The summed E-state index contributed by atoms with van der Waals surface area (Å²) in [5.41, 5.74) is 1.92. The summed E-state index contributed by atoms with van der Waals surface area (Å²) in [6.07, 6.45) is 0.706. The number of carbonyl (C=O) groups is 3. The van der Waals surface area contributed by atoms with E-state index >= 15 is 0 Å². The highest BCUT2D eigenvalue weighted by Crippen LogP contribution is 2.12. The minimum atomic E-state index is -0.820. The van der Waals surface area contributed by atoms with Gasteiger partial charge in [-0.25, -0.2) is 0 Å². The maximum Gasteiger partial charge on any atom is 0.308 e. The maximum absolute atomic E-state index is 12.4. The highest BCUT2D eigenvalue weighted by Gasteiger charge is 2.34. The van der Waals surface area contributed by atoms with Crippen LogP contribution in [0.1, 0.15) is 24.0 Å². The van der Waals surface area contributed by atoms with Crippen molar-refractivity contribution in [2.75, 3.05) is 13.1 Å². The largest absolute Gasteiger partial charge is 0.461 e. The van der Waals surface area contributed by atoms with E-state index in [1.165, 1.54) is 0 Å². The van der Waals surface area contributed by atoms with Crippen LogP contribution in [0.2, 0.25) is 0 Å². The molecule has 1 heterocycles. The second-order valence-corrected chi connectivity index (χ2v) is 7.58. The number of nitrogens with zero attached hydrogens (tertiary/aromatic N) is 1. The van der Waals surface area contributed by atoms with Crippen molar-refractivity contribution in [3.05, 3.63) is 71.8 Å². The van der Waals surface area contributed by atoms with Crippen LogP contribution in [0.4, 0.5) is 0 Å². The number of hydrogen-bond donors (Lipinski definition) is 2. The molecule has 1 saturated heterocycles. The molecule has 3 rings (SSSR count). The third-order valence-electron chi connectivity index (χ3n) is 4.92. The molecule has 31 heavy (non-hydrogen) atoms. The number of piperazine rings is 1. The normalized spacial score (nSPS) is 15.7. The Morgan fingerprint density at radius 2 is 1.71 bits per heavy atom. The van der Waals surface area contributed by atoms with Gasteiger partial charge in [-0.15, -0.1) is 0 Å². The molecule has 2 amide bonds. The molecule has 1 aliphatic heterocycles. The molecule has 0 spiro atoms. The number of thiocarbonyl (C=S) groups is 1. The Morgan fingerprint density at radius 3 is 2.39 bits per heavy atom. The molecule has 2 N–H and O–H groups in total. The highest BCUT2D eigenvalue weighted by molar-refractivity contribution is 7.80. The molecule has 7 nitrogen and oxygen atoms in total. The first-order chi connectivity index (χ1) is 15.0. The van der Waals surface area contributed by atoms with Gasteiger partial charge in [0.25, 0.3) is 0 Å². The minimum absolute atomic E-state index is 0.134. The predicted molar refractivity (Wildman–Crippen MR) is 120 cm³/mol. The summed E-state index contributed by atoms with van der Waals surface area (Å²) in [6, 6.07) is 18.2. The fourth-order valence-electron chi connectivity index (χ4n) is 3.27. The van der Waals surface area contributed by atoms with E-state index in [9.17, 15) is 14.4 Å². The molecule has 1 aliphatic rings. The fourth-order valence-corrected chi connectivity index (χ4v) is 3.60. The Hall–Kier alpha value is -3.26. The quantitative estimate of drug-likeness (QED) is 0.507. The van der Waals surface area contributed by atoms with Crippen LogP contribution >= 0.6 is 12.2 Å². The number of rotatable bonds is 7. The zero-order chi connectivity index (χ0) is 22.1. The summed E-state index contributed by atoms with van der Waals surface area (Å²) in [6.45, 7) is 0.920. The summed E-state index contributed by atoms with van der Waals surface area (Å²) < 4.78 is 5.30. The molecule has 0 bridgehead atoms. The standard InChI is InChI=1S/C23H25N3O4S/c27-20(12-11-17-7-3-1-4-8-17)25-23(31)26-14-13-24-22(29)19(26)15-21(28)30-16-18-9-5-2-6-10-18/h1-10,19H,11-16H2,(H,24,29)(H,25,27,31). The van der Waals surface area contributed by atoms with Crippen molar-refractivity contribution < 1.29 is 19.1 Å².